The van der Waals surface area contributed by atoms with E-state index in [1.165, 1.54) is 29.3 Å². The van der Waals surface area contributed by atoms with Gasteiger partial charge in [0.15, 0.2) is 0 Å². The Balaban J connectivity index is 1.70. The Morgan fingerprint density at radius 2 is 2.22 bits per heavy atom. The lowest BCUT2D eigenvalue weighted by atomic mass is 10.1. The van der Waals surface area contributed by atoms with Crippen molar-refractivity contribution in [2.75, 3.05) is 6.61 Å². The average molecular weight is 244 g/mol. The number of benzene rings is 1. The van der Waals surface area contributed by atoms with E-state index in [4.69, 9.17) is 5.11 Å². The number of rotatable bonds is 6. The first-order valence-corrected chi connectivity index (χ1v) is 6.77. The number of aromatic amines is 1. The van der Waals surface area contributed by atoms with E-state index < -0.39 is 0 Å². The van der Waals surface area contributed by atoms with Gasteiger partial charge in [0.05, 0.1) is 0 Å². The Hall–Kier alpha value is -1.32. The van der Waals surface area contributed by atoms with Crippen LogP contribution in [0.1, 0.15) is 24.8 Å². The van der Waals surface area contributed by atoms with Crippen molar-refractivity contribution in [3.05, 3.63) is 36.0 Å². The Labute approximate surface area is 107 Å². The lowest BCUT2D eigenvalue weighted by Gasteiger charge is -2.17. The molecule has 3 heteroatoms. The molecule has 1 aromatic carbocycles. The second-order valence-corrected chi connectivity index (χ2v) is 5.19. The average Bonchev–Trinajstić information content (AvgIpc) is 3.11. The maximum Gasteiger partial charge on any atom is 0.0457 e. The predicted molar refractivity (Wildman–Crippen MR) is 73.4 cm³/mol. The maximum absolute atomic E-state index is 9.10. The van der Waals surface area contributed by atoms with Gasteiger partial charge in [-0.05, 0) is 42.9 Å². The molecule has 0 amide bonds. The Morgan fingerprint density at radius 1 is 1.33 bits per heavy atom. The zero-order valence-corrected chi connectivity index (χ0v) is 10.5. The molecular formula is C15H20N2O. The van der Waals surface area contributed by atoms with Crippen LogP contribution in [-0.2, 0) is 6.54 Å². The summed E-state index contributed by atoms with van der Waals surface area (Å²) in [5.41, 5.74) is 2.52. The zero-order chi connectivity index (χ0) is 12.4. The van der Waals surface area contributed by atoms with E-state index in [1.54, 1.807) is 0 Å². The first kappa shape index (κ1) is 11.8. The second-order valence-electron chi connectivity index (χ2n) is 5.19. The van der Waals surface area contributed by atoms with Gasteiger partial charge in [0.1, 0.15) is 0 Å². The number of fused-ring (bicyclic) bond motifs is 1. The van der Waals surface area contributed by atoms with Gasteiger partial charge in [-0.25, -0.2) is 0 Å². The highest BCUT2D eigenvalue weighted by molar-refractivity contribution is 5.82. The maximum atomic E-state index is 9.10. The molecule has 96 valence electrons. The van der Waals surface area contributed by atoms with Crippen LogP contribution >= 0.6 is 0 Å². The van der Waals surface area contributed by atoms with Crippen molar-refractivity contribution in [2.24, 2.45) is 5.92 Å². The number of hydrogen-bond donors (Lipinski definition) is 3. The molecule has 1 aliphatic carbocycles. The topological polar surface area (TPSA) is 48.0 Å². The van der Waals surface area contributed by atoms with Crippen LogP contribution in [0.3, 0.4) is 0 Å². The molecule has 1 heterocycles. The van der Waals surface area contributed by atoms with Crippen molar-refractivity contribution >= 4 is 10.9 Å². The summed E-state index contributed by atoms with van der Waals surface area (Å²) < 4.78 is 0. The summed E-state index contributed by atoms with van der Waals surface area (Å²) in [6, 6.07) is 8.97. The van der Waals surface area contributed by atoms with Crippen molar-refractivity contribution in [3.8, 4) is 0 Å². The fourth-order valence-corrected chi connectivity index (χ4v) is 2.69. The molecule has 0 radical (unpaired) electrons. The lowest BCUT2D eigenvalue weighted by Crippen LogP contribution is -2.31. The minimum atomic E-state index is 0.280. The van der Waals surface area contributed by atoms with Crippen LogP contribution in [0.15, 0.2) is 30.5 Å². The minimum absolute atomic E-state index is 0.280. The molecule has 2 aromatic rings. The molecule has 1 saturated carbocycles. The number of aliphatic hydroxyl groups excluding tert-OH is 1. The van der Waals surface area contributed by atoms with Gasteiger partial charge in [-0.2, -0.15) is 0 Å². The lowest BCUT2D eigenvalue weighted by molar-refractivity contribution is 0.256. The van der Waals surface area contributed by atoms with Crippen molar-refractivity contribution in [1.82, 2.24) is 10.3 Å². The van der Waals surface area contributed by atoms with Crippen molar-refractivity contribution in [2.45, 2.75) is 31.8 Å². The van der Waals surface area contributed by atoms with Gasteiger partial charge in [-0.1, -0.05) is 12.1 Å². The highest BCUT2D eigenvalue weighted by Gasteiger charge is 2.30. The second kappa shape index (κ2) is 5.12. The van der Waals surface area contributed by atoms with Crippen LogP contribution in [-0.4, -0.2) is 22.7 Å². The molecule has 0 saturated heterocycles. The predicted octanol–water partition coefficient (Wildman–Crippen LogP) is 2.42. The Bertz CT molecular complexity index is 516. The van der Waals surface area contributed by atoms with E-state index in [0.29, 0.717) is 6.04 Å². The van der Waals surface area contributed by atoms with Gasteiger partial charge in [0.25, 0.3) is 0 Å². The smallest absolute Gasteiger partial charge is 0.0457 e. The summed E-state index contributed by atoms with van der Waals surface area (Å²) in [4.78, 5) is 3.24. The summed E-state index contributed by atoms with van der Waals surface area (Å²) in [7, 11) is 0. The number of hydrogen-bond acceptors (Lipinski definition) is 2. The molecule has 1 fully saturated rings. The molecular weight excluding hydrogens is 224 g/mol. The zero-order valence-electron chi connectivity index (χ0n) is 10.5. The molecule has 1 aliphatic rings. The molecule has 3 N–H and O–H groups in total. The molecule has 0 aliphatic heterocycles. The van der Waals surface area contributed by atoms with Gasteiger partial charge >= 0.3 is 0 Å². The standard InChI is InChI=1S/C15H20N2O/c18-9-7-14(11-4-5-11)17-10-12-2-1-3-15-13(12)6-8-16-15/h1-3,6,8,11,14,16-18H,4-5,7,9-10H2. The molecule has 3 rings (SSSR count). The largest absolute Gasteiger partial charge is 0.396 e. The van der Waals surface area contributed by atoms with Crippen LogP contribution in [0.2, 0.25) is 0 Å². The monoisotopic (exact) mass is 244 g/mol. The first-order valence-electron chi connectivity index (χ1n) is 6.77. The third kappa shape index (κ3) is 2.42. The van der Waals surface area contributed by atoms with E-state index in [1.807, 2.05) is 6.20 Å². The molecule has 1 atom stereocenters. The van der Waals surface area contributed by atoms with Crippen molar-refractivity contribution < 1.29 is 5.11 Å². The van der Waals surface area contributed by atoms with E-state index in [2.05, 4.69) is 34.6 Å². The number of aliphatic hydroxyl groups is 1. The van der Waals surface area contributed by atoms with Crippen LogP contribution < -0.4 is 5.32 Å². The quantitative estimate of drug-likeness (QED) is 0.731. The van der Waals surface area contributed by atoms with Gasteiger partial charge < -0.3 is 15.4 Å². The highest BCUT2D eigenvalue weighted by atomic mass is 16.3. The Morgan fingerprint density at radius 3 is 3.00 bits per heavy atom. The summed E-state index contributed by atoms with van der Waals surface area (Å²) in [5, 5.41) is 14.0. The van der Waals surface area contributed by atoms with E-state index >= 15 is 0 Å². The Kier molecular flexibility index (Phi) is 3.35. The number of H-pyrrole nitrogens is 1. The van der Waals surface area contributed by atoms with Crippen LogP contribution in [0.4, 0.5) is 0 Å². The summed E-state index contributed by atoms with van der Waals surface area (Å²) in [5.74, 6) is 0.780. The van der Waals surface area contributed by atoms with Gasteiger partial charge in [0, 0.05) is 36.3 Å². The summed E-state index contributed by atoms with van der Waals surface area (Å²) >= 11 is 0. The SMILES string of the molecule is OCCC(NCc1cccc2[nH]ccc12)C1CC1. The number of nitrogens with one attached hydrogen (secondary N) is 2. The molecule has 18 heavy (non-hydrogen) atoms. The highest BCUT2D eigenvalue weighted by Crippen LogP contribution is 2.34. The van der Waals surface area contributed by atoms with Crippen LogP contribution in [0.25, 0.3) is 10.9 Å². The summed E-state index contributed by atoms with van der Waals surface area (Å²) in [6.45, 7) is 1.17. The fraction of sp³-hybridized carbons (Fsp3) is 0.467. The molecule has 1 aromatic heterocycles. The van der Waals surface area contributed by atoms with E-state index in [-0.39, 0.29) is 6.61 Å². The van der Waals surface area contributed by atoms with Crippen molar-refractivity contribution in [1.29, 1.82) is 0 Å². The normalized spacial score (nSPS) is 17.2. The third-order valence-corrected chi connectivity index (χ3v) is 3.87. The number of aromatic nitrogens is 1. The van der Waals surface area contributed by atoms with Crippen molar-refractivity contribution in [3.63, 3.8) is 0 Å². The van der Waals surface area contributed by atoms with Gasteiger partial charge in [-0.3, -0.25) is 0 Å². The van der Waals surface area contributed by atoms with Gasteiger partial charge in [0.2, 0.25) is 0 Å². The van der Waals surface area contributed by atoms with Crippen LogP contribution in [0, 0.1) is 5.92 Å². The van der Waals surface area contributed by atoms with E-state index in [0.717, 1.165) is 18.9 Å². The third-order valence-electron chi connectivity index (χ3n) is 3.87. The molecule has 1 unspecified atom stereocenters. The minimum Gasteiger partial charge on any atom is -0.396 e. The summed E-state index contributed by atoms with van der Waals surface area (Å²) in [6.07, 6.45) is 5.48. The van der Waals surface area contributed by atoms with Gasteiger partial charge in [-0.15, -0.1) is 0 Å². The fourth-order valence-electron chi connectivity index (χ4n) is 2.69. The van der Waals surface area contributed by atoms with Crippen LogP contribution in [0.5, 0.6) is 0 Å². The molecule has 0 bridgehead atoms. The molecule has 3 nitrogen and oxygen atoms in total. The molecule has 0 spiro atoms. The van der Waals surface area contributed by atoms with E-state index in [9.17, 15) is 0 Å². The first-order chi connectivity index (χ1) is 8.88.